The molecule has 0 bridgehead atoms. The number of ether oxygens (including phenoxy) is 1. The van der Waals surface area contributed by atoms with E-state index >= 15 is 0 Å². The summed E-state index contributed by atoms with van der Waals surface area (Å²) in [5, 5.41) is 0. The first kappa shape index (κ1) is 15.7. The van der Waals surface area contributed by atoms with Crippen LogP contribution in [0.2, 0.25) is 0 Å². The smallest absolute Gasteiger partial charge is 0.0693 e. The third-order valence-corrected chi connectivity index (χ3v) is 3.92. The van der Waals surface area contributed by atoms with Crippen LogP contribution in [0.5, 0.6) is 0 Å². The average molecular weight is 327 g/mol. The Morgan fingerprint density at radius 3 is 2.40 bits per heavy atom. The molecule has 0 heterocycles. The van der Waals surface area contributed by atoms with Crippen LogP contribution in [0.1, 0.15) is 52.4 Å². The standard InChI is InChI=1S/C12H26INO/c1-3-5-10-15-12(8-6-9-14)11(13)7-4-2/h11-12H,3-10,14H2,1-2H3. The number of halogens is 1. The lowest BCUT2D eigenvalue weighted by Gasteiger charge is -2.22. The Kier molecular flexibility index (Phi) is 11.6. The number of hydrogen-bond acceptors (Lipinski definition) is 2. The molecular formula is C12H26INO. The number of nitrogens with two attached hydrogens (primary N) is 1. The van der Waals surface area contributed by atoms with Crippen LogP contribution in [-0.2, 0) is 4.74 Å². The Morgan fingerprint density at radius 1 is 1.13 bits per heavy atom. The normalized spacial score (nSPS) is 15.2. The van der Waals surface area contributed by atoms with Gasteiger partial charge in [-0.25, -0.2) is 0 Å². The Bertz CT molecular complexity index is 133. The van der Waals surface area contributed by atoms with E-state index < -0.39 is 0 Å². The summed E-state index contributed by atoms with van der Waals surface area (Å²) in [4.78, 5) is 0. The summed E-state index contributed by atoms with van der Waals surface area (Å²) >= 11 is 2.53. The second-order valence-electron chi connectivity index (χ2n) is 4.00. The Labute approximate surface area is 108 Å². The second-order valence-corrected chi connectivity index (χ2v) is 5.60. The van der Waals surface area contributed by atoms with Crippen molar-refractivity contribution in [1.82, 2.24) is 0 Å². The van der Waals surface area contributed by atoms with Gasteiger partial charge in [-0.2, -0.15) is 0 Å². The lowest BCUT2D eigenvalue weighted by Crippen LogP contribution is -2.25. The highest BCUT2D eigenvalue weighted by Crippen LogP contribution is 2.20. The van der Waals surface area contributed by atoms with Gasteiger partial charge in [-0.15, -0.1) is 0 Å². The van der Waals surface area contributed by atoms with Crippen molar-refractivity contribution in [3.8, 4) is 0 Å². The maximum absolute atomic E-state index is 5.94. The summed E-state index contributed by atoms with van der Waals surface area (Å²) in [6, 6.07) is 0. The molecule has 0 amide bonds. The molecule has 3 heteroatoms. The van der Waals surface area contributed by atoms with Gasteiger partial charge in [-0.05, 0) is 32.2 Å². The molecule has 2 atom stereocenters. The van der Waals surface area contributed by atoms with Crippen LogP contribution in [0.3, 0.4) is 0 Å². The molecule has 0 aliphatic carbocycles. The number of alkyl halides is 1. The molecule has 0 spiro atoms. The van der Waals surface area contributed by atoms with Gasteiger partial charge >= 0.3 is 0 Å². The minimum absolute atomic E-state index is 0.417. The maximum Gasteiger partial charge on any atom is 0.0693 e. The summed E-state index contributed by atoms with van der Waals surface area (Å²) in [5.74, 6) is 0. The first-order chi connectivity index (χ1) is 7.26. The molecule has 0 aromatic carbocycles. The Morgan fingerprint density at radius 2 is 1.87 bits per heavy atom. The van der Waals surface area contributed by atoms with Crippen LogP contribution in [0.4, 0.5) is 0 Å². The van der Waals surface area contributed by atoms with Crippen molar-refractivity contribution in [3.63, 3.8) is 0 Å². The summed E-state index contributed by atoms with van der Waals surface area (Å²) in [6.07, 6.45) is 7.50. The second kappa shape index (κ2) is 11.1. The maximum atomic E-state index is 5.94. The molecule has 92 valence electrons. The highest BCUT2D eigenvalue weighted by molar-refractivity contribution is 14.1. The van der Waals surface area contributed by atoms with Crippen LogP contribution in [0.25, 0.3) is 0 Å². The molecule has 0 aromatic heterocycles. The van der Waals surface area contributed by atoms with Crippen molar-refractivity contribution >= 4 is 22.6 Å². The minimum atomic E-state index is 0.417. The van der Waals surface area contributed by atoms with E-state index in [2.05, 4.69) is 36.4 Å². The summed E-state index contributed by atoms with van der Waals surface area (Å²) in [7, 11) is 0. The predicted molar refractivity (Wildman–Crippen MR) is 75.7 cm³/mol. The zero-order valence-corrected chi connectivity index (χ0v) is 12.3. The van der Waals surface area contributed by atoms with E-state index in [4.69, 9.17) is 10.5 Å². The van der Waals surface area contributed by atoms with Crippen LogP contribution in [0.15, 0.2) is 0 Å². The van der Waals surface area contributed by atoms with E-state index in [1.807, 2.05) is 0 Å². The van der Waals surface area contributed by atoms with E-state index in [-0.39, 0.29) is 0 Å². The predicted octanol–water partition coefficient (Wildman–Crippen LogP) is 3.51. The van der Waals surface area contributed by atoms with Crippen LogP contribution >= 0.6 is 22.6 Å². The van der Waals surface area contributed by atoms with Crippen molar-refractivity contribution in [2.24, 2.45) is 5.73 Å². The zero-order chi connectivity index (χ0) is 11.5. The first-order valence-electron chi connectivity index (χ1n) is 6.21. The molecular weight excluding hydrogens is 301 g/mol. The fourth-order valence-electron chi connectivity index (χ4n) is 1.53. The molecule has 2 nitrogen and oxygen atoms in total. The molecule has 0 rings (SSSR count). The Balaban J connectivity index is 3.81. The number of unbranched alkanes of at least 4 members (excludes halogenated alkanes) is 1. The summed E-state index contributed by atoms with van der Waals surface area (Å²) in [6.45, 7) is 6.13. The van der Waals surface area contributed by atoms with Gasteiger partial charge < -0.3 is 10.5 Å². The van der Waals surface area contributed by atoms with Crippen molar-refractivity contribution in [2.45, 2.75) is 62.4 Å². The quantitative estimate of drug-likeness (QED) is 0.379. The molecule has 0 saturated heterocycles. The fraction of sp³-hybridized carbons (Fsp3) is 1.00. The molecule has 0 aliphatic heterocycles. The highest BCUT2D eigenvalue weighted by atomic mass is 127. The summed E-state index contributed by atoms with van der Waals surface area (Å²) < 4.78 is 6.58. The largest absolute Gasteiger partial charge is 0.377 e. The van der Waals surface area contributed by atoms with Crippen LogP contribution < -0.4 is 5.73 Å². The van der Waals surface area contributed by atoms with E-state index in [9.17, 15) is 0 Å². The Hall–Kier alpha value is 0.650. The topological polar surface area (TPSA) is 35.2 Å². The van der Waals surface area contributed by atoms with Gasteiger partial charge in [0.25, 0.3) is 0 Å². The molecule has 2 N–H and O–H groups in total. The molecule has 0 saturated carbocycles. The van der Waals surface area contributed by atoms with Crippen molar-refractivity contribution < 1.29 is 4.74 Å². The third-order valence-electron chi connectivity index (χ3n) is 2.49. The highest BCUT2D eigenvalue weighted by Gasteiger charge is 2.17. The average Bonchev–Trinajstić information content (AvgIpc) is 2.23. The van der Waals surface area contributed by atoms with Crippen molar-refractivity contribution in [3.05, 3.63) is 0 Å². The lowest BCUT2D eigenvalue weighted by atomic mass is 10.1. The first-order valence-corrected chi connectivity index (χ1v) is 7.46. The van der Waals surface area contributed by atoms with E-state index in [1.165, 1.54) is 25.7 Å². The van der Waals surface area contributed by atoms with Gasteiger partial charge in [-0.1, -0.05) is 49.3 Å². The number of hydrogen-bond donors (Lipinski definition) is 1. The molecule has 0 fully saturated rings. The fourth-order valence-corrected chi connectivity index (χ4v) is 2.72. The molecule has 0 aliphatic rings. The van der Waals surface area contributed by atoms with Gasteiger partial charge in [0.05, 0.1) is 6.10 Å². The lowest BCUT2D eigenvalue weighted by molar-refractivity contribution is 0.0447. The zero-order valence-electron chi connectivity index (χ0n) is 10.2. The van der Waals surface area contributed by atoms with Gasteiger partial charge in [-0.3, -0.25) is 0 Å². The molecule has 0 radical (unpaired) electrons. The van der Waals surface area contributed by atoms with Gasteiger partial charge in [0.15, 0.2) is 0 Å². The van der Waals surface area contributed by atoms with Crippen LogP contribution in [-0.4, -0.2) is 23.2 Å². The van der Waals surface area contributed by atoms with Gasteiger partial charge in [0.2, 0.25) is 0 Å². The van der Waals surface area contributed by atoms with E-state index in [0.29, 0.717) is 10.0 Å². The monoisotopic (exact) mass is 327 g/mol. The van der Waals surface area contributed by atoms with Crippen molar-refractivity contribution in [1.29, 1.82) is 0 Å². The van der Waals surface area contributed by atoms with Gasteiger partial charge in [0, 0.05) is 10.5 Å². The van der Waals surface area contributed by atoms with Crippen molar-refractivity contribution in [2.75, 3.05) is 13.2 Å². The van der Waals surface area contributed by atoms with Gasteiger partial charge in [0.1, 0.15) is 0 Å². The third kappa shape index (κ3) is 8.46. The number of rotatable bonds is 10. The van der Waals surface area contributed by atoms with Crippen LogP contribution in [0, 0.1) is 0 Å². The minimum Gasteiger partial charge on any atom is -0.377 e. The summed E-state index contributed by atoms with van der Waals surface area (Å²) in [5.41, 5.74) is 5.55. The molecule has 2 unspecified atom stereocenters. The SMILES string of the molecule is CCCCOC(CCCN)C(I)CCC. The van der Waals surface area contributed by atoms with E-state index in [1.54, 1.807) is 0 Å². The molecule has 15 heavy (non-hydrogen) atoms. The van der Waals surface area contributed by atoms with E-state index in [0.717, 1.165) is 26.0 Å². The molecule has 0 aromatic rings.